The highest BCUT2D eigenvalue weighted by Crippen LogP contribution is 2.48. The van der Waals surface area contributed by atoms with Crippen LogP contribution in [0.25, 0.3) is 60.4 Å². The van der Waals surface area contributed by atoms with Crippen molar-refractivity contribution in [1.29, 1.82) is 0 Å². The van der Waals surface area contributed by atoms with Crippen LogP contribution in [0.1, 0.15) is 11.1 Å². The van der Waals surface area contributed by atoms with Crippen molar-refractivity contribution in [3.05, 3.63) is 84.4 Å². The number of rotatable bonds is 10. The van der Waals surface area contributed by atoms with E-state index in [9.17, 15) is 19.8 Å². The third-order valence-electron chi connectivity index (χ3n) is 6.52. The van der Waals surface area contributed by atoms with Crippen molar-refractivity contribution < 1.29 is 19.8 Å². The Hall–Kier alpha value is -4.14. The number of carboxylic acids is 2. The molecule has 0 spiro atoms. The zero-order valence-corrected chi connectivity index (χ0v) is 26.1. The fraction of sp³-hybridized carbons (Fsp3) is 0.0667. The molecule has 0 saturated heterocycles. The van der Waals surface area contributed by atoms with Gasteiger partial charge in [0.05, 0.1) is 22.6 Å². The Morgan fingerprint density at radius 3 is 1.35 bits per heavy atom. The van der Waals surface area contributed by atoms with Crippen LogP contribution in [0.4, 0.5) is 0 Å². The van der Waals surface area contributed by atoms with Gasteiger partial charge in [-0.15, -0.1) is 56.7 Å². The molecule has 214 valence electrons. The van der Waals surface area contributed by atoms with E-state index in [1.54, 1.807) is 81.5 Å². The number of hydrogen-bond acceptors (Lipinski definition) is 9. The van der Waals surface area contributed by atoms with Gasteiger partial charge < -0.3 is 20.2 Å². The second-order valence-electron chi connectivity index (χ2n) is 9.44. The van der Waals surface area contributed by atoms with E-state index in [0.29, 0.717) is 0 Å². The molecule has 4 N–H and O–H groups in total. The fourth-order valence-electron chi connectivity index (χ4n) is 4.68. The average molecular weight is 661 g/mol. The lowest BCUT2D eigenvalue weighted by molar-refractivity contribution is -0.137. The number of aliphatic carboxylic acids is 2. The maximum absolute atomic E-state index is 11.8. The predicted octanol–water partition coefficient (Wildman–Crippen LogP) is 8.70. The van der Waals surface area contributed by atoms with Gasteiger partial charge in [-0.1, -0.05) is 0 Å². The van der Waals surface area contributed by atoms with Gasteiger partial charge in [0.25, 0.3) is 0 Å². The molecular weight excluding hydrogens is 641 g/mol. The summed E-state index contributed by atoms with van der Waals surface area (Å²) >= 11 is 7.91. The molecular formula is C30H20N4O4S5. The minimum absolute atomic E-state index is 0.0841. The van der Waals surface area contributed by atoms with Gasteiger partial charge in [0.2, 0.25) is 0 Å². The quantitative estimate of drug-likeness (QED) is 0.116. The topological polar surface area (TPSA) is 132 Å². The van der Waals surface area contributed by atoms with Crippen molar-refractivity contribution in [2.75, 3.05) is 0 Å². The largest absolute Gasteiger partial charge is 0.481 e. The number of H-pyrrole nitrogens is 2. The van der Waals surface area contributed by atoms with E-state index in [1.807, 2.05) is 48.5 Å². The van der Waals surface area contributed by atoms with Crippen LogP contribution in [0.15, 0.2) is 73.3 Å². The highest BCUT2D eigenvalue weighted by atomic mass is 32.1. The first-order chi connectivity index (χ1) is 20.9. The standard InChI is InChI=1S/C30H20N4O4S5/c35-25(36)13-15-11-23(17-1-5-21(39-17)29-31-7-8-32-29)42-27(15)19-3-4-20(41-19)28-16(14-26(37)38)12-24(43-28)18-2-6-22(40-18)30-33-9-10-34-30/h1-12H,13-14H2,(H,31,32)(H,33,34)(H,35,36)(H,37,38). The van der Waals surface area contributed by atoms with Crippen LogP contribution in [0.3, 0.4) is 0 Å². The first-order valence-corrected chi connectivity index (χ1v) is 17.0. The molecule has 43 heavy (non-hydrogen) atoms. The summed E-state index contributed by atoms with van der Waals surface area (Å²) in [5.74, 6) is -0.175. The highest BCUT2D eigenvalue weighted by molar-refractivity contribution is 7.30. The molecule has 0 aliphatic rings. The third-order valence-corrected chi connectivity index (χ3v) is 12.9. The van der Waals surface area contributed by atoms with Crippen molar-refractivity contribution in [2.45, 2.75) is 12.8 Å². The minimum Gasteiger partial charge on any atom is -0.481 e. The molecule has 8 nitrogen and oxygen atoms in total. The van der Waals surface area contributed by atoms with Gasteiger partial charge in [0.1, 0.15) is 11.6 Å². The second-order valence-corrected chi connectivity index (χ2v) is 14.8. The fourth-order valence-corrected chi connectivity index (χ4v) is 10.4. The van der Waals surface area contributed by atoms with Gasteiger partial charge >= 0.3 is 11.9 Å². The zero-order chi connectivity index (χ0) is 29.5. The van der Waals surface area contributed by atoms with Crippen LogP contribution < -0.4 is 0 Å². The Bertz CT molecular complexity index is 1910. The van der Waals surface area contributed by atoms with Gasteiger partial charge in [-0.05, 0) is 59.7 Å². The summed E-state index contributed by atoms with van der Waals surface area (Å²) in [6.07, 6.45) is 6.84. The summed E-state index contributed by atoms with van der Waals surface area (Å²) in [7, 11) is 0. The SMILES string of the molecule is O=C(O)Cc1cc(-c2ccc(-c3ncc[nH]3)s2)sc1-c1ccc(-c2sc(-c3ccc(-c4ncc[nH]4)s3)cc2CC(=O)O)s1. The van der Waals surface area contributed by atoms with Gasteiger partial charge in [-0.3, -0.25) is 9.59 Å². The maximum Gasteiger partial charge on any atom is 0.307 e. The molecule has 0 aliphatic heterocycles. The van der Waals surface area contributed by atoms with E-state index in [-0.39, 0.29) is 12.8 Å². The van der Waals surface area contributed by atoms with Crippen LogP contribution in [0.2, 0.25) is 0 Å². The van der Waals surface area contributed by atoms with E-state index in [4.69, 9.17) is 0 Å². The first-order valence-electron chi connectivity index (χ1n) is 12.9. The molecule has 7 heterocycles. The summed E-state index contributed by atoms with van der Waals surface area (Å²) in [5.41, 5.74) is 1.52. The molecule has 0 fully saturated rings. The number of carboxylic acid groups (broad SMARTS) is 2. The van der Waals surface area contributed by atoms with Crippen molar-refractivity contribution in [3.63, 3.8) is 0 Å². The van der Waals surface area contributed by atoms with Gasteiger partial charge in [-0.2, -0.15) is 0 Å². The summed E-state index contributed by atoms with van der Waals surface area (Å²) in [6, 6.07) is 16.1. The van der Waals surface area contributed by atoms with Crippen LogP contribution in [-0.2, 0) is 22.4 Å². The van der Waals surface area contributed by atoms with Crippen molar-refractivity contribution >= 4 is 68.6 Å². The summed E-state index contributed by atoms with van der Waals surface area (Å²) in [5, 5.41) is 19.3. The summed E-state index contributed by atoms with van der Waals surface area (Å²) < 4.78 is 0. The molecule has 0 radical (unpaired) electrons. The predicted molar refractivity (Wildman–Crippen MR) is 175 cm³/mol. The maximum atomic E-state index is 11.8. The van der Waals surface area contributed by atoms with Crippen LogP contribution >= 0.6 is 56.7 Å². The number of carbonyl (C=O) groups is 2. The van der Waals surface area contributed by atoms with E-state index < -0.39 is 11.9 Å². The molecule has 7 aromatic rings. The molecule has 0 atom stereocenters. The van der Waals surface area contributed by atoms with Gasteiger partial charge in [0, 0.05) is 63.8 Å². The van der Waals surface area contributed by atoms with Crippen LogP contribution in [0.5, 0.6) is 0 Å². The van der Waals surface area contributed by atoms with Gasteiger partial charge in [0.15, 0.2) is 0 Å². The van der Waals surface area contributed by atoms with Crippen molar-refractivity contribution in [1.82, 2.24) is 19.9 Å². The Kier molecular flexibility index (Phi) is 7.41. The zero-order valence-electron chi connectivity index (χ0n) is 22.0. The Labute approximate surface area is 264 Å². The molecule has 0 amide bonds. The third kappa shape index (κ3) is 5.65. The number of aromatic amines is 2. The number of thiophene rings is 5. The lowest BCUT2D eigenvalue weighted by Crippen LogP contribution is -1.99. The molecule has 0 bridgehead atoms. The van der Waals surface area contributed by atoms with Crippen LogP contribution in [-0.4, -0.2) is 42.1 Å². The van der Waals surface area contributed by atoms with Crippen LogP contribution in [0, 0.1) is 0 Å². The Morgan fingerprint density at radius 1 is 0.558 bits per heavy atom. The monoisotopic (exact) mass is 660 g/mol. The molecule has 0 saturated carbocycles. The second kappa shape index (κ2) is 11.5. The normalized spacial score (nSPS) is 11.3. The number of aromatic nitrogens is 4. The molecule has 0 unspecified atom stereocenters. The number of nitrogens with one attached hydrogen (secondary N) is 2. The number of hydrogen-bond donors (Lipinski definition) is 4. The smallest absolute Gasteiger partial charge is 0.307 e. The molecule has 7 rings (SSSR count). The molecule has 0 aromatic carbocycles. The average Bonchev–Trinajstić information content (AvgIpc) is 3.82. The highest BCUT2D eigenvalue weighted by Gasteiger charge is 2.21. The summed E-state index contributed by atoms with van der Waals surface area (Å²) in [6.45, 7) is 0. The van der Waals surface area contributed by atoms with Gasteiger partial charge in [-0.25, -0.2) is 9.97 Å². The number of imidazole rings is 2. The Balaban J connectivity index is 1.24. The molecule has 7 aromatic heterocycles. The van der Waals surface area contributed by atoms with E-state index >= 15 is 0 Å². The lowest BCUT2D eigenvalue weighted by atomic mass is 10.1. The first kappa shape index (κ1) is 27.7. The molecule has 0 aliphatic carbocycles. The van der Waals surface area contributed by atoms with E-state index in [0.717, 1.165) is 71.5 Å². The van der Waals surface area contributed by atoms with E-state index in [2.05, 4.69) is 19.9 Å². The van der Waals surface area contributed by atoms with Crippen molar-refractivity contribution in [2.24, 2.45) is 0 Å². The molecule has 13 heteroatoms. The lowest BCUT2D eigenvalue weighted by Gasteiger charge is -1.99. The van der Waals surface area contributed by atoms with Crippen molar-refractivity contribution in [3.8, 4) is 60.4 Å². The minimum atomic E-state index is -0.888. The summed E-state index contributed by atoms with van der Waals surface area (Å²) in [4.78, 5) is 48.3. The van der Waals surface area contributed by atoms with E-state index in [1.165, 1.54) is 0 Å². The number of nitrogens with zero attached hydrogens (tertiary/aromatic N) is 2. The Morgan fingerprint density at radius 2 is 0.953 bits per heavy atom.